The van der Waals surface area contributed by atoms with Crippen LogP contribution in [0.15, 0.2) is 0 Å². The molecule has 1 amide bonds. The zero-order valence-electron chi connectivity index (χ0n) is 10.0. The number of alkyl halides is 1. The minimum atomic E-state index is -0.348. The molecule has 2 aliphatic rings. The minimum absolute atomic E-state index is 0.0878. The topological polar surface area (TPSA) is 46.6 Å². The fourth-order valence-corrected chi connectivity index (χ4v) is 3.58. The van der Waals surface area contributed by atoms with E-state index >= 15 is 0 Å². The molecule has 0 aromatic carbocycles. The third-order valence-electron chi connectivity index (χ3n) is 3.98. The summed E-state index contributed by atoms with van der Waals surface area (Å²) < 4.78 is 4.83. The summed E-state index contributed by atoms with van der Waals surface area (Å²) in [5, 5.41) is 0.310. The van der Waals surface area contributed by atoms with Crippen LogP contribution >= 0.6 is 15.9 Å². The molecule has 0 spiro atoms. The number of halogens is 1. The summed E-state index contributed by atoms with van der Waals surface area (Å²) >= 11 is 3.19. The number of Topliss-reactive ketones (excluding diaryl/α,β-unsaturated/α-hetero) is 1. The number of fused-ring (bicyclic) bond motifs is 1. The van der Waals surface area contributed by atoms with Crippen molar-refractivity contribution in [1.29, 1.82) is 0 Å². The number of hydrogen-bond donors (Lipinski definition) is 0. The lowest BCUT2D eigenvalue weighted by Gasteiger charge is -2.32. The number of likely N-dealkylation sites (tertiary alicyclic amines) is 1. The Bertz CT molecular complexity index is 321. The molecule has 1 aliphatic carbocycles. The van der Waals surface area contributed by atoms with Gasteiger partial charge < -0.3 is 4.74 Å². The number of amides is 1. The molecule has 2 fully saturated rings. The second kappa shape index (κ2) is 5.38. The highest BCUT2D eigenvalue weighted by atomic mass is 79.9. The largest absolute Gasteiger partial charge is 0.453 e. The predicted molar refractivity (Wildman–Crippen MR) is 67.2 cm³/mol. The summed E-state index contributed by atoms with van der Waals surface area (Å²) in [6.07, 6.45) is 4.95. The summed E-state index contributed by atoms with van der Waals surface area (Å²) in [6, 6.07) is -0.0703. The first-order chi connectivity index (χ1) is 8.19. The van der Waals surface area contributed by atoms with E-state index in [0.29, 0.717) is 11.2 Å². The lowest BCUT2D eigenvalue weighted by atomic mass is 9.84. The van der Waals surface area contributed by atoms with Crippen molar-refractivity contribution in [2.45, 2.75) is 44.2 Å². The first kappa shape index (κ1) is 12.9. The molecule has 0 bridgehead atoms. The molecule has 5 heteroatoms. The van der Waals surface area contributed by atoms with Crippen LogP contribution in [-0.4, -0.2) is 41.3 Å². The fraction of sp³-hybridized carbons (Fsp3) is 0.833. The number of carbonyl (C=O) groups is 2. The Morgan fingerprint density at radius 2 is 2.06 bits per heavy atom. The third-order valence-corrected chi connectivity index (χ3v) is 4.53. The molecule has 4 nitrogen and oxygen atoms in total. The summed E-state index contributed by atoms with van der Waals surface area (Å²) in [4.78, 5) is 25.4. The van der Waals surface area contributed by atoms with E-state index in [1.165, 1.54) is 13.5 Å². The Hall–Kier alpha value is -0.580. The van der Waals surface area contributed by atoms with Crippen LogP contribution in [0.25, 0.3) is 0 Å². The van der Waals surface area contributed by atoms with Crippen molar-refractivity contribution in [3.8, 4) is 0 Å². The SMILES string of the molecule is COC(=O)N1C(C(=O)CBr)CC2CCCCC21. The molecular formula is C12H18BrNO3. The average molecular weight is 304 g/mol. The van der Waals surface area contributed by atoms with Gasteiger partial charge in [-0.1, -0.05) is 28.8 Å². The van der Waals surface area contributed by atoms with Crippen LogP contribution < -0.4 is 0 Å². The van der Waals surface area contributed by atoms with Crippen molar-refractivity contribution in [3.63, 3.8) is 0 Å². The van der Waals surface area contributed by atoms with Crippen molar-refractivity contribution in [3.05, 3.63) is 0 Å². The van der Waals surface area contributed by atoms with Gasteiger partial charge in [0.1, 0.15) is 0 Å². The highest BCUT2D eigenvalue weighted by Gasteiger charge is 2.47. The summed E-state index contributed by atoms with van der Waals surface area (Å²) in [7, 11) is 1.38. The first-order valence-electron chi connectivity index (χ1n) is 6.14. The van der Waals surface area contributed by atoms with Gasteiger partial charge in [0, 0.05) is 6.04 Å². The number of rotatable bonds is 2. The van der Waals surface area contributed by atoms with E-state index in [0.717, 1.165) is 25.7 Å². The minimum Gasteiger partial charge on any atom is -0.453 e. The molecule has 96 valence electrons. The Morgan fingerprint density at radius 3 is 2.71 bits per heavy atom. The first-order valence-corrected chi connectivity index (χ1v) is 7.26. The van der Waals surface area contributed by atoms with E-state index in [2.05, 4.69) is 15.9 Å². The normalized spacial score (nSPS) is 32.1. The van der Waals surface area contributed by atoms with Crippen LogP contribution in [0.3, 0.4) is 0 Å². The molecule has 0 N–H and O–H groups in total. The number of nitrogens with zero attached hydrogens (tertiary/aromatic N) is 1. The van der Waals surface area contributed by atoms with Gasteiger partial charge in [0.25, 0.3) is 0 Å². The smallest absolute Gasteiger partial charge is 0.410 e. The Balaban J connectivity index is 2.20. The highest BCUT2D eigenvalue weighted by Crippen LogP contribution is 2.40. The predicted octanol–water partition coefficient (Wildman–Crippen LogP) is 2.35. The Kier molecular flexibility index (Phi) is 4.07. The number of ketones is 1. The molecule has 0 radical (unpaired) electrons. The number of hydrogen-bond acceptors (Lipinski definition) is 3. The zero-order valence-corrected chi connectivity index (χ0v) is 11.6. The van der Waals surface area contributed by atoms with E-state index in [1.54, 1.807) is 4.90 Å². The van der Waals surface area contributed by atoms with E-state index in [1.807, 2.05) is 0 Å². The van der Waals surface area contributed by atoms with Crippen LogP contribution in [0, 0.1) is 5.92 Å². The second-order valence-electron chi connectivity index (χ2n) is 4.84. The summed E-state index contributed by atoms with van der Waals surface area (Å²) in [5.41, 5.74) is 0. The van der Waals surface area contributed by atoms with Gasteiger partial charge in [0.15, 0.2) is 5.78 Å². The van der Waals surface area contributed by atoms with Crippen molar-refractivity contribution >= 4 is 27.8 Å². The van der Waals surface area contributed by atoms with Crippen LogP contribution in [0.2, 0.25) is 0 Å². The van der Waals surface area contributed by atoms with Crippen molar-refractivity contribution in [2.24, 2.45) is 5.92 Å². The molecule has 0 aromatic heterocycles. The number of carbonyl (C=O) groups excluding carboxylic acids is 2. The van der Waals surface area contributed by atoms with Crippen molar-refractivity contribution in [1.82, 2.24) is 4.90 Å². The maximum atomic E-state index is 11.9. The average Bonchev–Trinajstić information content (AvgIpc) is 2.76. The quantitative estimate of drug-likeness (QED) is 0.736. The van der Waals surface area contributed by atoms with Crippen molar-refractivity contribution in [2.75, 3.05) is 12.4 Å². The van der Waals surface area contributed by atoms with Gasteiger partial charge in [0.2, 0.25) is 0 Å². The van der Waals surface area contributed by atoms with E-state index in [-0.39, 0.29) is 24.0 Å². The van der Waals surface area contributed by atoms with Crippen LogP contribution in [-0.2, 0) is 9.53 Å². The van der Waals surface area contributed by atoms with Gasteiger partial charge >= 0.3 is 6.09 Å². The highest BCUT2D eigenvalue weighted by molar-refractivity contribution is 9.09. The molecule has 17 heavy (non-hydrogen) atoms. The van der Waals surface area contributed by atoms with Crippen LogP contribution in [0.4, 0.5) is 4.79 Å². The Morgan fingerprint density at radius 1 is 1.35 bits per heavy atom. The molecular weight excluding hydrogens is 286 g/mol. The second-order valence-corrected chi connectivity index (χ2v) is 5.40. The van der Waals surface area contributed by atoms with E-state index in [9.17, 15) is 9.59 Å². The third kappa shape index (κ3) is 2.34. The van der Waals surface area contributed by atoms with Crippen molar-refractivity contribution < 1.29 is 14.3 Å². The van der Waals surface area contributed by atoms with Gasteiger partial charge in [-0.2, -0.15) is 0 Å². The lowest BCUT2D eigenvalue weighted by molar-refractivity contribution is -0.120. The molecule has 0 aromatic rings. The molecule has 3 unspecified atom stereocenters. The molecule has 1 aliphatic heterocycles. The van der Waals surface area contributed by atoms with Gasteiger partial charge in [0.05, 0.1) is 18.5 Å². The monoisotopic (exact) mass is 303 g/mol. The van der Waals surface area contributed by atoms with Gasteiger partial charge in [-0.3, -0.25) is 9.69 Å². The standard InChI is InChI=1S/C12H18BrNO3/c1-17-12(16)14-9-5-3-2-4-8(9)6-10(14)11(15)7-13/h8-10H,2-7H2,1H3. The molecule has 1 heterocycles. The molecule has 1 saturated carbocycles. The number of methoxy groups -OCH3 is 1. The van der Waals surface area contributed by atoms with Gasteiger partial charge in [-0.05, 0) is 25.2 Å². The summed E-state index contributed by atoms with van der Waals surface area (Å²) in [6.45, 7) is 0. The van der Waals surface area contributed by atoms with E-state index < -0.39 is 0 Å². The van der Waals surface area contributed by atoms with E-state index in [4.69, 9.17) is 4.74 Å². The molecule has 2 rings (SSSR count). The summed E-state index contributed by atoms with van der Waals surface area (Å²) in [5.74, 6) is 0.570. The maximum Gasteiger partial charge on any atom is 0.410 e. The fourth-order valence-electron chi connectivity index (χ4n) is 3.20. The van der Waals surface area contributed by atoms with Crippen LogP contribution in [0.5, 0.6) is 0 Å². The van der Waals surface area contributed by atoms with Crippen LogP contribution in [0.1, 0.15) is 32.1 Å². The number of ether oxygens (including phenoxy) is 1. The lowest BCUT2D eigenvalue weighted by Crippen LogP contribution is -2.46. The zero-order chi connectivity index (χ0) is 12.4. The molecule has 3 atom stereocenters. The molecule has 1 saturated heterocycles. The Labute approximate surface area is 110 Å². The maximum absolute atomic E-state index is 11.9. The van der Waals surface area contributed by atoms with Gasteiger partial charge in [-0.25, -0.2) is 4.79 Å². The van der Waals surface area contributed by atoms with Gasteiger partial charge in [-0.15, -0.1) is 0 Å².